The van der Waals surface area contributed by atoms with Gasteiger partial charge >= 0.3 is 11.9 Å². The topological polar surface area (TPSA) is 136 Å². The molecule has 1 aliphatic carbocycles. The average Bonchev–Trinajstić information content (AvgIpc) is 3.59. The Morgan fingerprint density at radius 3 is 2.49 bits per heavy atom. The Morgan fingerprint density at radius 2 is 1.94 bits per heavy atom. The zero-order valence-electron chi connectivity index (χ0n) is 19.8. The molecule has 0 atom stereocenters. The van der Waals surface area contributed by atoms with Gasteiger partial charge in [0.15, 0.2) is 5.69 Å². The standard InChI is InChI=1S/C22H29F3N6O4/c1-4-5-8-29(17-18(26)30(10-12(2)3)21(35)27-19(17)33)16(32)11-31-20(34)14(22(23,24)25)9-15(28-31)13-6-7-13/h9,12-13H,4-8,10-11,26H2,1-3H3,(H,27,33,35). The second-order valence-electron chi connectivity index (χ2n) is 9.11. The number of amides is 1. The Morgan fingerprint density at radius 1 is 1.29 bits per heavy atom. The van der Waals surface area contributed by atoms with Crippen molar-refractivity contribution in [3.8, 4) is 0 Å². The van der Waals surface area contributed by atoms with Crippen molar-refractivity contribution in [1.29, 1.82) is 0 Å². The highest BCUT2D eigenvalue weighted by Crippen LogP contribution is 2.40. The quantitative estimate of drug-likeness (QED) is 0.543. The van der Waals surface area contributed by atoms with Gasteiger partial charge in [0.2, 0.25) is 5.91 Å². The minimum atomic E-state index is -4.91. The fourth-order valence-electron chi connectivity index (χ4n) is 3.73. The normalized spacial score (nSPS) is 13.9. The maximum absolute atomic E-state index is 13.5. The van der Waals surface area contributed by atoms with Crippen LogP contribution >= 0.6 is 0 Å². The van der Waals surface area contributed by atoms with Gasteiger partial charge in [0.05, 0.1) is 5.69 Å². The van der Waals surface area contributed by atoms with Crippen LogP contribution in [0.25, 0.3) is 0 Å². The fraction of sp³-hybridized carbons (Fsp3) is 0.591. The van der Waals surface area contributed by atoms with Crippen molar-refractivity contribution in [2.75, 3.05) is 17.2 Å². The number of nitrogens with one attached hydrogen (secondary N) is 1. The van der Waals surface area contributed by atoms with Crippen LogP contribution in [0.2, 0.25) is 0 Å². The molecule has 1 amide bonds. The Hall–Kier alpha value is -3.38. The molecule has 0 radical (unpaired) electrons. The molecule has 2 aromatic rings. The number of hydrogen-bond acceptors (Lipinski definition) is 6. The molecule has 0 unspecified atom stereocenters. The first kappa shape index (κ1) is 26.2. The van der Waals surface area contributed by atoms with Gasteiger partial charge in [-0.25, -0.2) is 9.48 Å². The molecule has 0 aromatic carbocycles. The highest BCUT2D eigenvalue weighted by Gasteiger charge is 2.38. The lowest BCUT2D eigenvalue weighted by molar-refractivity contribution is -0.139. The number of aromatic amines is 1. The van der Waals surface area contributed by atoms with Crippen molar-refractivity contribution in [1.82, 2.24) is 19.3 Å². The van der Waals surface area contributed by atoms with Crippen LogP contribution in [0.15, 0.2) is 20.4 Å². The van der Waals surface area contributed by atoms with Crippen molar-refractivity contribution in [2.24, 2.45) is 5.92 Å². The van der Waals surface area contributed by atoms with E-state index in [-0.39, 0.29) is 42.1 Å². The van der Waals surface area contributed by atoms with E-state index in [1.807, 2.05) is 20.8 Å². The van der Waals surface area contributed by atoms with Crippen molar-refractivity contribution in [3.63, 3.8) is 0 Å². The number of carbonyl (C=O) groups is 1. The number of anilines is 2. The van der Waals surface area contributed by atoms with E-state index in [0.29, 0.717) is 30.4 Å². The molecule has 1 aliphatic rings. The maximum Gasteiger partial charge on any atom is 0.421 e. The monoisotopic (exact) mass is 498 g/mol. The van der Waals surface area contributed by atoms with E-state index < -0.39 is 41.0 Å². The molecular weight excluding hydrogens is 469 g/mol. The maximum atomic E-state index is 13.5. The summed E-state index contributed by atoms with van der Waals surface area (Å²) in [6.07, 6.45) is -2.57. The van der Waals surface area contributed by atoms with Crippen molar-refractivity contribution < 1.29 is 18.0 Å². The molecule has 1 saturated carbocycles. The van der Waals surface area contributed by atoms with Gasteiger partial charge < -0.3 is 10.6 Å². The Kier molecular flexibility index (Phi) is 7.56. The summed E-state index contributed by atoms with van der Waals surface area (Å²) in [6.45, 7) is 4.86. The predicted molar refractivity (Wildman–Crippen MR) is 123 cm³/mol. The molecule has 2 aromatic heterocycles. The highest BCUT2D eigenvalue weighted by atomic mass is 19.4. The number of nitrogens with two attached hydrogens (primary N) is 1. The summed E-state index contributed by atoms with van der Waals surface area (Å²) in [5, 5.41) is 4.00. The molecule has 0 aliphatic heterocycles. The smallest absolute Gasteiger partial charge is 0.383 e. The molecule has 192 valence electrons. The van der Waals surface area contributed by atoms with Crippen LogP contribution in [0.4, 0.5) is 24.7 Å². The molecule has 0 spiro atoms. The van der Waals surface area contributed by atoms with Crippen molar-refractivity contribution in [2.45, 2.75) is 71.6 Å². The molecule has 0 bridgehead atoms. The number of carbonyl (C=O) groups excluding carboxylic acids is 1. The fourth-order valence-corrected chi connectivity index (χ4v) is 3.73. The van der Waals surface area contributed by atoms with Gasteiger partial charge in [-0.1, -0.05) is 27.2 Å². The number of alkyl halides is 3. The van der Waals surface area contributed by atoms with E-state index in [4.69, 9.17) is 5.73 Å². The Bertz CT molecular complexity index is 1270. The highest BCUT2D eigenvalue weighted by molar-refractivity contribution is 5.95. The van der Waals surface area contributed by atoms with Gasteiger partial charge in [0, 0.05) is 19.0 Å². The molecule has 0 saturated heterocycles. The Balaban J connectivity index is 2.08. The summed E-state index contributed by atoms with van der Waals surface area (Å²) >= 11 is 0. The summed E-state index contributed by atoms with van der Waals surface area (Å²) in [5.74, 6) is -1.30. The lowest BCUT2D eigenvalue weighted by Crippen LogP contribution is -2.44. The Labute approximate surface area is 198 Å². The number of nitrogen functional groups attached to an aromatic ring is 1. The average molecular weight is 499 g/mol. The predicted octanol–water partition coefficient (Wildman–Crippen LogP) is 2.06. The number of halogens is 3. The number of hydrogen-bond donors (Lipinski definition) is 2. The summed E-state index contributed by atoms with van der Waals surface area (Å²) in [7, 11) is 0. The van der Waals surface area contributed by atoms with E-state index in [9.17, 15) is 32.3 Å². The zero-order chi connectivity index (χ0) is 26.1. The molecular formula is C22H29F3N6O4. The number of aromatic nitrogens is 4. The minimum Gasteiger partial charge on any atom is -0.383 e. The third kappa shape index (κ3) is 5.82. The third-order valence-electron chi connectivity index (χ3n) is 5.65. The summed E-state index contributed by atoms with van der Waals surface area (Å²) in [6, 6.07) is 0.736. The summed E-state index contributed by atoms with van der Waals surface area (Å²) in [4.78, 5) is 54.0. The number of H-pyrrole nitrogens is 1. The van der Waals surface area contributed by atoms with Gasteiger partial charge in [-0.15, -0.1) is 0 Å². The molecule has 10 nitrogen and oxygen atoms in total. The van der Waals surface area contributed by atoms with Crippen molar-refractivity contribution >= 4 is 17.4 Å². The molecule has 35 heavy (non-hydrogen) atoms. The zero-order valence-corrected chi connectivity index (χ0v) is 19.8. The van der Waals surface area contributed by atoms with Gasteiger partial charge in [-0.2, -0.15) is 18.3 Å². The lowest BCUT2D eigenvalue weighted by atomic mass is 10.2. The molecule has 13 heteroatoms. The molecule has 3 rings (SSSR count). The van der Waals surface area contributed by atoms with Crippen molar-refractivity contribution in [3.05, 3.63) is 48.5 Å². The van der Waals surface area contributed by atoms with Crippen LogP contribution < -0.4 is 27.4 Å². The van der Waals surface area contributed by atoms with E-state index in [0.717, 1.165) is 15.5 Å². The first-order valence-corrected chi connectivity index (χ1v) is 11.5. The van der Waals surface area contributed by atoms with Gasteiger partial charge in [-0.3, -0.25) is 23.9 Å². The third-order valence-corrected chi connectivity index (χ3v) is 5.65. The first-order chi connectivity index (χ1) is 16.3. The van der Waals surface area contributed by atoms with E-state index in [1.54, 1.807) is 0 Å². The number of rotatable bonds is 9. The van der Waals surface area contributed by atoms with Crippen LogP contribution in [-0.4, -0.2) is 31.8 Å². The second kappa shape index (κ2) is 10.1. The molecule has 2 heterocycles. The van der Waals surface area contributed by atoms with Crippen LogP contribution in [0.3, 0.4) is 0 Å². The van der Waals surface area contributed by atoms with Gasteiger partial charge in [0.1, 0.15) is 17.9 Å². The lowest BCUT2D eigenvalue weighted by Gasteiger charge is -2.25. The number of nitrogens with zero attached hydrogens (tertiary/aromatic N) is 4. The SMILES string of the molecule is CCCCN(C(=O)Cn1nc(C2CC2)cc(C(F)(F)F)c1=O)c1c(N)n(CC(C)C)c(=O)[nH]c1=O. The van der Waals surface area contributed by atoms with Crippen LogP contribution in [-0.2, 0) is 24.1 Å². The van der Waals surface area contributed by atoms with Gasteiger partial charge in [0.25, 0.3) is 11.1 Å². The minimum absolute atomic E-state index is 0.00564. The van der Waals surface area contributed by atoms with E-state index >= 15 is 0 Å². The second-order valence-corrected chi connectivity index (χ2v) is 9.11. The van der Waals surface area contributed by atoms with Gasteiger partial charge in [-0.05, 0) is 31.2 Å². The van der Waals surface area contributed by atoms with E-state index in [2.05, 4.69) is 10.1 Å². The van der Waals surface area contributed by atoms with Crippen LogP contribution in [0, 0.1) is 5.92 Å². The van der Waals surface area contributed by atoms with Crippen LogP contribution in [0.5, 0.6) is 0 Å². The number of unbranched alkanes of at least 4 members (excludes halogenated alkanes) is 1. The first-order valence-electron chi connectivity index (χ1n) is 11.5. The van der Waals surface area contributed by atoms with E-state index in [1.165, 1.54) is 0 Å². The largest absolute Gasteiger partial charge is 0.421 e. The molecule has 1 fully saturated rings. The summed E-state index contributed by atoms with van der Waals surface area (Å²) < 4.78 is 42.1. The molecule has 3 N–H and O–H groups in total. The van der Waals surface area contributed by atoms with Crippen LogP contribution in [0.1, 0.15) is 63.6 Å². The summed E-state index contributed by atoms with van der Waals surface area (Å²) in [5.41, 5.74) is 1.45.